The molecule has 0 aliphatic heterocycles. The van der Waals surface area contributed by atoms with Crippen LogP contribution in [0.25, 0.3) is 10.9 Å². The molecule has 1 aromatic carbocycles. The van der Waals surface area contributed by atoms with E-state index < -0.39 is 0 Å². The van der Waals surface area contributed by atoms with E-state index in [1.54, 1.807) is 0 Å². The number of nitrogens with zero attached hydrogens (tertiary/aromatic N) is 1. The zero-order valence-corrected chi connectivity index (χ0v) is 11.1. The van der Waals surface area contributed by atoms with Crippen molar-refractivity contribution in [2.24, 2.45) is 0 Å². The van der Waals surface area contributed by atoms with Crippen molar-refractivity contribution in [1.82, 2.24) is 4.98 Å². The van der Waals surface area contributed by atoms with Crippen molar-refractivity contribution in [2.45, 2.75) is 26.9 Å². The molecule has 0 aliphatic carbocycles. The monoisotopic (exact) mass is 260 g/mol. The second-order valence-electron chi connectivity index (χ2n) is 4.25. The number of fused-ring (bicyclic) bond motifs is 1. The first kappa shape index (κ1) is 14.7. The van der Waals surface area contributed by atoms with Crippen molar-refractivity contribution < 1.29 is 14.3 Å². The average Bonchev–Trinajstić information content (AvgIpc) is 2.28. The molecule has 0 fully saturated rings. The fourth-order valence-corrected chi connectivity index (χ4v) is 1.77. The van der Waals surface area contributed by atoms with Gasteiger partial charge in [-0.15, -0.1) is 0 Å². The van der Waals surface area contributed by atoms with Crippen LogP contribution in [0.1, 0.15) is 19.5 Å². The van der Waals surface area contributed by atoms with Crippen LogP contribution in [0.15, 0.2) is 24.3 Å². The normalized spacial score (nSPS) is 9.68. The largest absolute Gasteiger partial charge is 0.490 e. The van der Waals surface area contributed by atoms with Crippen molar-refractivity contribution in [2.75, 3.05) is 5.73 Å². The van der Waals surface area contributed by atoms with Crippen LogP contribution in [0.5, 0.6) is 5.75 Å². The molecule has 2 N–H and O–H groups in total. The van der Waals surface area contributed by atoms with Gasteiger partial charge in [0.25, 0.3) is 0 Å². The Bertz CT molecular complexity index is 603. The van der Waals surface area contributed by atoms with Gasteiger partial charge < -0.3 is 10.5 Å². The standard InChI is InChI=1S/C13H16N2O.CO2/c1-8(2)16-12-6-4-5-11-13(12)10(14)7-9(3)15-11;2-1-3/h4-8H,1-3H3,(H2,14,15);. The van der Waals surface area contributed by atoms with E-state index in [0.717, 1.165) is 28.0 Å². The lowest BCUT2D eigenvalue weighted by Gasteiger charge is -2.13. The molecule has 0 unspecified atom stereocenters. The van der Waals surface area contributed by atoms with Crippen LogP contribution in [-0.4, -0.2) is 17.2 Å². The van der Waals surface area contributed by atoms with E-state index in [1.807, 2.05) is 45.0 Å². The first-order chi connectivity index (χ1) is 8.99. The molecule has 5 heteroatoms. The Morgan fingerprint density at radius 3 is 2.53 bits per heavy atom. The summed E-state index contributed by atoms with van der Waals surface area (Å²) in [4.78, 5) is 20.7. The summed E-state index contributed by atoms with van der Waals surface area (Å²) in [5, 5.41) is 0.904. The SMILES string of the molecule is Cc1cc(N)c2c(OC(C)C)cccc2n1.O=C=O. The van der Waals surface area contributed by atoms with Crippen molar-refractivity contribution in [3.05, 3.63) is 30.0 Å². The van der Waals surface area contributed by atoms with Crippen molar-refractivity contribution in [3.8, 4) is 5.75 Å². The molecule has 2 rings (SSSR count). The molecule has 1 heterocycles. The van der Waals surface area contributed by atoms with Gasteiger partial charge in [-0.2, -0.15) is 9.59 Å². The van der Waals surface area contributed by atoms with E-state index in [9.17, 15) is 0 Å². The van der Waals surface area contributed by atoms with Gasteiger partial charge >= 0.3 is 6.15 Å². The maximum absolute atomic E-state index is 8.12. The fourth-order valence-electron chi connectivity index (χ4n) is 1.77. The number of ether oxygens (including phenoxy) is 1. The van der Waals surface area contributed by atoms with Gasteiger partial charge in [0.2, 0.25) is 0 Å². The number of rotatable bonds is 2. The Morgan fingerprint density at radius 2 is 1.95 bits per heavy atom. The van der Waals surface area contributed by atoms with E-state index >= 15 is 0 Å². The number of hydrogen-bond donors (Lipinski definition) is 1. The zero-order valence-electron chi connectivity index (χ0n) is 11.1. The number of pyridine rings is 1. The average molecular weight is 260 g/mol. The summed E-state index contributed by atoms with van der Waals surface area (Å²) >= 11 is 0. The summed E-state index contributed by atoms with van der Waals surface area (Å²) in [6.07, 6.45) is 0.381. The van der Waals surface area contributed by atoms with E-state index in [4.69, 9.17) is 20.1 Å². The Hall–Kier alpha value is -2.39. The molecule has 0 bridgehead atoms. The number of aryl methyl sites for hydroxylation is 1. The van der Waals surface area contributed by atoms with Gasteiger partial charge in [0.05, 0.1) is 17.0 Å². The third kappa shape index (κ3) is 3.79. The van der Waals surface area contributed by atoms with Gasteiger partial charge in [0.1, 0.15) is 5.75 Å². The van der Waals surface area contributed by atoms with Gasteiger partial charge in [-0.3, -0.25) is 4.98 Å². The maximum atomic E-state index is 8.12. The van der Waals surface area contributed by atoms with Gasteiger partial charge in [-0.1, -0.05) is 6.07 Å². The van der Waals surface area contributed by atoms with Gasteiger partial charge in [0, 0.05) is 11.4 Å². The highest BCUT2D eigenvalue weighted by molar-refractivity contribution is 5.95. The highest BCUT2D eigenvalue weighted by Crippen LogP contribution is 2.30. The van der Waals surface area contributed by atoms with Crippen LogP contribution in [0.4, 0.5) is 5.69 Å². The van der Waals surface area contributed by atoms with Gasteiger partial charge in [0.15, 0.2) is 0 Å². The van der Waals surface area contributed by atoms with E-state index in [2.05, 4.69) is 4.98 Å². The molecule has 0 aliphatic rings. The second-order valence-corrected chi connectivity index (χ2v) is 4.25. The number of nitrogen functional groups attached to an aromatic ring is 1. The lowest BCUT2D eigenvalue weighted by molar-refractivity contribution is -0.191. The van der Waals surface area contributed by atoms with Gasteiger partial charge in [-0.05, 0) is 39.0 Å². The van der Waals surface area contributed by atoms with Crippen molar-refractivity contribution >= 4 is 22.7 Å². The molecule has 0 amide bonds. The predicted octanol–water partition coefficient (Wildman–Crippen LogP) is 2.33. The summed E-state index contributed by atoms with van der Waals surface area (Å²) < 4.78 is 5.73. The highest BCUT2D eigenvalue weighted by Gasteiger charge is 2.08. The maximum Gasteiger partial charge on any atom is 0.373 e. The molecule has 0 radical (unpaired) electrons. The van der Waals surface area contributed by atoms with E-state index in [-0.39, 0.29) is 12.3 Å². The zero-order chi connectivity index (χ0) is 14.4. The minimum Gasteiger partial charge on any atom is -0.490 e. The molecular weight excluding hydrogens is 244 g/mol. The Morgan fingerprint density at radius 1 is 1.32 bits per heavy atom. The van der Waals surface area contributed by atoms with Crippen LogP contribution in [0, 0.1) is 6.92 Å². The lowest BCUT2D eigenvalue weighted by atomic mass is 10.1. The van der Waals surface area contributed by atoms with Crippen LogP contribution in [0.2, 0.25) is 0 Å². The molecule has 0 spiro atoms. The van der Waals surface area contributed by atoms with E-state index in [1.165, 1.54) is 0 Å². The van der Waals surface area contributed by atoms with Crippen LogP contribution in [0.3, 0.4) is 0 Å². The summed E-state index contributed by atoms with van der Waals surface area (Å²) in [6, 6.07) is 7.68. The number of hydrogen-bond acceptors (Lipinski definition) is 5. The second kappa shape index (κ2) is 6.52. The molecule has 1 aromatic heterocycles. The number of carbonyl (C=O) groups excluding carboxylic acids is 2. The smallest absolute Gasteiger partial charge is 0.373 e. The minimum absolute atomic E-state index is 0.131. The van der Waals surface area contributed by atoms with Crippen LogP contribution in [-0.2, 0) is 9.59 Å². The molecule has 5 nitrogen and oxygen atoms in total. The first-order valence-corrected chi connectivity index (χ1v) is 5.81. The molecule has 100 valence electrons. The number of nitrogens with two attached hydrogens (primary N) is 1. The summed E-state index contributed by atoms with van der Waals surface area (Å²) in [5.41, 5.74) is 8.54. The predicted molar refractivity (Wildman–Crippen MR) is 71.7 cm³/mol. The fraction of sp³-hybridized carbons (Fsp3) is 0.286. The Balaban J connectivity index is 0.000000550. The molecule has 19 heavy (non-hydrogen) atoms. The van der Waals surface area contributed by atoms with Crippen LogP contribution >= 0.6 is 0 Å². The molecular formula is C14H16N2O3. The Kier molecular flexibility index (Phi) is 5.03. The molecule has 2 aromatic rings. The third-order valence-corrected chi connectivity index (χ3v) is 2.32. The van der Waals surface area contributed by atoms with Crippen molar-refractivity contribution in [3.63, 3.8) is 0 Å². The summed E-state index contributed by atoms with van der Waals surface area (Å²) in [5.74, 6) is 0.803. The van der Waals surface area contributed by atoms with E-state index in [0.29, 0.717) is 0 Å². The number of aromatic nitrogens is 1. The van der Waals surface area contributed by atoms with Crippen LogP contribution < -0.4 is 10.5 Å². The van der Waals surface area contributed by atoms with Crippen molar-refractivity contribution in [1.29, 1.82) is 0 Å². The molecule has 0 saturated heterocycles. The summed E-state index contributed by atoms with van der Waals surface area (Å²) in [6.45, 7) is 5.93. The molecule has 0 saturated carbocycles. The highest BCUT2D eigenvalue weighted by atomic mass is 16.5. The minimum atomic E-state index is 0.131. The number of benzene rings is 1. The lowest BCUT2D eigenvalue weighted by Crippen LogP contribution is -2.06. The van der Waals surface area contributed by atoms with Gasteiger partial charge in [-0.25, -0.2) is 0 Å². The Labute approximate surface area is 111 Å². The molecule has 0 atom stereocenters. The summed E-state index contributed by atoms with van der Waals surface area (Å²) in [7, 11) is 0. The third-order valence-electron chi connectivity index (χ3n) is 2.32. The first-order valence-electron chi connectivity index (χ1n) is 5.81. The number of anilines is 1. The topological polar surface area (TPSA) is 82.3 Å². The quantitative estimate of drug-likeness (QED) is 0.896.